The van der Waals surface area contributed by atoms with Crippen molar-refractivity contribution < 1.29 is 18.4 Å². The number of halogens is 1. The molecule has 1 aliphatic heterocycles. The van der Waals surface area contributed by atoms with Crippen LogP contribution in [-0.2, 0) is 11.2 Å². The molecule has 0 aliphatic carbocycles. The molecule has 0 spiro atoms. The zero-order chi connectivity index (χ0) is 17.8. The van der Waals surface area contributed by atoms with Gasteiger partial charge in [-0.1, -0.05) is 12.1 Å². The third kappa shape index (κ3) is 3.99. The molecule has 0 unspecified atom stereocenters. The van der Waals surface area contributed by atoms with Gasteiger partial charge >= 0.3 is 0 Å². The van der Waals surface area contributed by atoms with Gasteiger partial charge in [0.2, 0.25) is 0 Å². The zero-order valence-electron chi connectivity index (χ0n) is 14.4. The number of aryl methyl sites for hydroxylation is 2. The summed E-state index contributed by atoms with van der Waals surface area (Å²) in [5.74, 6) is -0.326. The Hall–Kier alpha value is -2.41. The number of hydrogen-bond donors (Lipinski definition) is 2. The molecule has 0 saturated carbocycles. The molecular formula is C18H22FN3O3. The van der Waals surface area contributed by atoms with Crippen LogP contribution >= 0.6 is 0 Å². The second-order valence-electron chi connectivity index (χ2n) is 6.08. The van der Waals surface area contributed by atoms with Crippen molar-refractivity contribution in [3.63, 3.8) is 0 Å². The van der Waals surface area contributed by atoms with Crippen molar-refractivity contribution >= 4 is 17.3 Å². The Morgan fingerprint density at radius 1 is 1.44 bits per heavy atom. The Balaban J connectivity index is 1.65. The molecule has 1 aromatic carbocycles. The summed E-state index contributed by atoms with van der Waals surface area (Å²) in [6, 6.07) is 4.57. The standard InChI is InChI=1S/C18H22FN3O3/c1-3-15-17(11(2)25-22-15)18(23)21-12-6-7-16(14(19)9-12)20-10-13-5-4-8-24-13/h6-7,9,13,20H,3-5,8,10H2,1-2H3,(H,21,23)/t13-/m1/s1. The Morgan fingerprint density at radius 3 is 2.96 bits per heavy atom. The Bertz CT molecular complexity index is 754. The quantitative estimate of drug-likeness (QED) is 0.836. The van der Waals surface area contributed by atoms with Gasteiger partial charge < -0.3 is 19.9 Å². The van der Waals surface area contributed by atoms with Gasteiger partial charge in [0.15, 0.2) is 0 Å². The summed E-state index contributed by atoms with van der Waals surface area (Å²) in [5, 5.41) is 9.61. The summed E-state index contributed by atoms with van der Waals surface area (Å²) in [7, 11) is 0. The number of amides is 1. The Labute approximate surface area is 145 Å². The van der Waals surface area contributed by atoms with Gasteiger partial charge in [0.1, 0.15) is 17.1 Å². The molecular weight excluding hydrogens is 325 g/mol. The topological polar surface area (TPSA) is 76.4 Å². The molecule has 7 heteroatoms. The van der Waals surface area contributed by atoms with Crippen LogP contribution < -0.4 is 10.6 Å². The van der Waals surface area contributed by atoms with Crippen LogP contribution in [0.25, 0.3) is 0 Å². The van der Waals surface area contributed by atoms with Crippen molar-refractivity contribution in [3.05, 3.63) is 41.0 Å². The lowest BCUT2D eigenvalue weighted by molar-refractivity contribution is 0.102. The lowest BCUT2D eigenvalue weighted by atomic mass is 10.1. The van der Waals surface area contributed by atoms with Crippen molar-refractivity contribution in [2.24, 2.45) is 0 Å². The Kier molecular flexibility index (Phi) is 5.33. The van der Waals surface area contributed by atoms with Crippen LogP contribution in [0.3, 0.4) is 0 Å². The van der Waals surface area contributed by atoms with Crippen molar-refractivity contribution in [3.8, 4) is 0 Å². The van der Waals surface area contributed by atoms with E-state index in [-0.39, 0.29) is 12.0 Å². The van der Waals surface area contributed by atoms with Crippen LogP contribution in [0, 0.1) is 12.7 Å². The summed E-state index contributed by atoms with van der Waals surface area (Å²) in [5.41, 5.74) is 1.77. The fraction of sp³-hybridized carbons (Fsp3) is 0.444. The predicted octanol–water partition coefficient (Wildman–Crippen LogP) is 3.53. The molecule has 3 rings (SSSR count). The summed E-state index contributed by atoms with van der Waals surface area (Å²) < 4.78 is 24.8. The number of ether oxygens (including phenoxy) is 1. The predicted molar refractivity (Wildman–Crippen MR) is 92.4 cm³/mol. The first-order chi connectivity index (χ1) is 12.1. The van der Waals surface area contributed by atoms with Crippen molar-refractivity contribution in [1.82, 2.24) is 5.16 Å². The van der Waals surface area contributed by atoms with E-state index in [0.29, 0.717) is 41.4 Å². The van der Waals surface area contributed by atoms with E-state index in [4.69, 9.17) is 9.26 Å². The summed E-state index contributed by atoms with van der Waals surface area (Å²) in [6.45, 7) is 4.91. The first kappa shape index (κ1) is 17.4. The van der Waals surface area contributed by atoms with E-state index in [9.17, 15) is 9.18 Å². The number of rotatable bonds is 6. The van der Waals surface area contributed by atoms with E-state index in [1.54, 1.807) is 19.1 Å². The Morgan fingerprint density at radius 2 is 2.28 bits per heavy atom. The first-order valence-electron chi connectivity index (χ1n) is 8.50. The maximum atomic E-state index is 14.3. The summed E-state index contributed by atoms with van der Waals surface area (Å²) in [6.07, 6.45) is 2.74. The number of carbonyl (C=O) groups is 1. The second-order valence-corrected chi connectivity index (χ2v) is 6.08. The SMILES string of the molecule is CCc1noc(C)c1C(=O)Nc1ccc(NC[C@H]2CCCO2)c(F)c1. The molecule has 25 heavy (non-hydrogen) atoms. The van der Waals surface area contributed by atoms with E-state index in [0.717, 1.165) is 19.4 Å². The van der Waals surface area contributed by atoms with Crippen LogP contribution in [0.4, 0.5) is 15.8 Å². The first-order valence-corrected chi connectivity index (χ1v) is 8.50. The second kappa shape index (κ2) is 7.65. The van der Waals surface area contributed by atoms with Crippen LogP contribution in [0.5, 0.6) is 0 Å². The molecule has 1 atom stereocenters. The average Bonchev–Trinajstić information content (AvgIpc) is 3.23. The van der Waals surface area contributed by atoms with Gasteiger partial charge in [0, 0.05) is 18.8 Å². The van der Waals surface area contributed by atoms with Gasteiger partial charge in [0.25, 0.3) is 5.91 Å². The molecule has 2 heterocycles. The summed E-state index contributed by atoms with van der Waals surface area (Å²) >= 11 is 0. The molecule has 2 N–H and O–H groups in total. The molecule has 1 fully saturated rings. The van der Waals surface area contributed by atoms with Crippen LogP contribution in [0.15, 0.2) is 22.7 Å². The maximum absolute atomic E-state index is 14.3. The van der Waals surface area contributed by atoms with Gasteiger partial charge in [-0.05, 0) is 44.4 Å². The highest BCUT2D eigenvalue weighted by Gasteiger charge is 2.20. The number of anilines is 2. The minimum atomic E-state index is -0.423. The lowest BCUT2D eigenvalue weighted by Crippen LogP contribution is -2.19. The van der Waals surface area contributed by atoms with Gasteiger partial charge in [-0.15, -0.1) is 0 Å². The number of nitrogens with zero attached hydrogens (tertiary/aromatic N) is 1. The van der Waals surface area contributed by atoms with E-state index in [1.807, 2.05) is 6.92 Å². The van der Waals surface area contributed by atoms with Crippen molar-refractivity contribution in [2.45, 2.75) is 39.2 Å². The zero-order valence-corrected chi connectivity index (χ0v) is 14.4. The van der Waals surface area contributed by atoms with Crippen molar-refractivity contribution in [1.29, 1.82) is 0 Å². The summed E-state index contributed by atoms with van der Waals surface area (Å²) in [4.78, 5) is 12.4. The van der Waals surface area contributed by atoms with Gasteiger partial charge in [-0.3, -0.25) is 4.79 Å². The van der Waals surface area contributed by atoms with E-state index in [2.05, 4.69) is 15.8 Å². The molecule has 0 radical (unpaired) electrons. The van der Waals surface area contributed by atoms with Gasteiger partial charge in [-0.25, -0.2) is 4.39 Å². The molecule has 6 nitrogen and oxygen atoms in total. The fourth-order valence-corrected chi connectivity index (χ4v) is 2.91. The molecule has 1 aliphatic rings. The molecule has 0 bridgehead atoms. The highest BCUT2D eigenvalue weighted by molar-refractivity contribution is 6.05. The largest absolute Gasteiger partial charge is 0.380 e. The maximum Gasteiger partial charge on any atom is 0.261 e. The van der Waals surface area contributed by atoms with Crippen molar-refractivity contribution in [2.75, 3.05) is 23.8 Å². The van der Waals surface area contributed by atoms with Gasteiger partial charge in [-0.2, -0.15) is 0 Å². The highest BCUT2D eigenvalue weighted by atomic mass is 19.1. The number of aromatic nitrogens is 1. The minimum absolute atomic E-state index is 0.128. The van der Waals surface area contributed by atoms with Gasteiger partial charge in [0.05, 0.1) is 17.5 Å². The highest BCUT2D eigenvalue weighted by Crippen LogP contribution is 2.22. The minimum Gasteiger partial charge on any atom is -0.380 e. The van der Waals surface area contributed by atoms with E-state index < -0.39 is 5.82 Å². The van der Waals surface area contributed by atoms with Crippen LogP contribution in [-0.4, -0.2) is 30.3 Å². The molecule has 1 aromatic heterocycles. The third-order valence-electron chi connectivity index (χ3n) is 4.27. The fourth-order valence-electron chi connectivity index (χ4n) is 2.91. The smallest absolute Gasteiger partial charge is 0.261 e. The number of nitrogens with one attached hydrogen (secondary N) is 2. The molecule has 134 valence electrons. The molecule has 2 aromatic rings. The number of benzene rings is 1. The van der Waals surface area contributed by atoms with Crippen LogP contribution in [0.2, 0.25) is 0 Å². The average molecular weight is 347 g/mol. The number of carbonyl (C=O) groups excluding carboxylic acids is 1. The monoisotopic (exact) mass is 347 g/mol. The third-order valence-corrected chi connectivity index (χ3v) is 4.27. The normalized spacial score (nSPS) is 16.8. The number of hydrogen-bond acceptors (Lipinski definition) is 5. The van der Waals surface area contributed by atoms with E-state index in [1.165, 1.54) is 6.07 Å². The van der Waals surface area contributed by atoms with E-state index >= 15 is 0 Å². The molecule has 1 amide bonds. The lowest BCUT2D eigenvalue weighted by Gasteiger charge is -2.13. The van der Waals surface area contributed by atoms with Crippen LogP contribution in [0.1, 0.15) is 41.6 Å². The molecule has 1 saturated heterocycles.